The van der Waals surface area contributed by atoms with Crippen molar-refractivity contribution in [2.24, 2.45) is 0 Å². The summed E-state index contributed by atoms with van der Waals surface area (Å²) < 4.78 is 60.8. The van der Waals surface area contributed by atoms with E-state index in [4.69, 9.17) is 4.74 Å². The first kappa shape index (κ1) is 30.6. The Balaban J connectivity index is 1.52. The number of carbonyl (C=O) groups excluding carboxylic acids is 2. The van der Waals surface area contributed by atoms with Gasteiger partial charge in [0.1, 0.15) is 18.2 Å². The summed E-state index contributed by atoms with van der Waals surface area (Å²) in [6.07, 6.45) is -4.42. The number of hydrogen-bond donors (Lipinski definition) is 1. The third-order valence-corrected chi connectivity index (χ3v) is 7.45. The van der Waals surface area contributed by atoms with Gasteiger partial charge in [-0.2, -0.15) is 13.2 Å². The molecule has 1 aliphatic heterocycles. The molecular weight excluding hydrogens is 574 g/mol. The molecule has 1 heterocycles. The van der Waals surface area contributed by atoms with E-state index in [1.54, 1.807) is 23.1 Å². The Morgan fingerprint density at radius 3 is 2.41 bits per heavy atom. The largest absolute Gasteiger partial charge is 0.488 e. The van der Waals surface area contributed by atoms with Crippen LogP contribution in [0.1, 0.15) is 36.2 Å². The van der Waals surface area contributed by atoms with E-state index in [0.717, 1.165) is 35.5 Å². The van der Waals surface area contributed by atoms with Gasteiger partial charge in [0.25, 0.3) is 5.91 Å². The molecule has 6 nitrogen and oxygen atoms in total. The van der Waals surface area contributed by atoms with Gasteiger partial charge >= 0.3 is 12.1 Å². The van der Waals surface area contributed by atoms with Crippen LogP contribution in [0.25, 0.3) is 11.1 Å². The van der Waals surface area contributed by atoms with Crippen LogP contribution in [-0.4, -0.2) is 37.1 Å². The number of benzene rings is 4. The summed E-state index contributed by atoms with van der Waals surface area (Å²) in [5.41, 5.74) is 3.07. The van der Waals surface area contributed by atoms with E-state index in [1.807, 2.05) is 54.6 Å². The van der Waals surface area contributed by atoms with Gasteiger partial charge in [-0.3, -0.25) is 9.59 Å². The molecule has 0 spiro atoms. The van der Waals surface area contributed by atoms with E-state index in [0.29, 0.717) is 33.9 Å². The van der Waals surface area contributed by atoms with Crippen molar-refractivity contribution in [3.05, 3.63) is 108 Å². The molecule has 1 aliphatic rings. The first-order valence-corrected chi connectivity index (χ1v) is 14.2. The summed E-state index contributed by atoms with van der Waals surface area (Å²) in [4.78, 5) is 27.9. The molecule has 4 aromatic rings. The topological polar surface area (TPSA) is 61.9 Å². The molecule has 0 saturated heterocycles. The molecule has 0 radical (unpaired) electrons. The van der Waals surface area contributed by atoms with Crippen molar-refractivity contribution in [3.8, 4) is 16.9 Å². The van der Waals surface area contributed by atoms with Crippen molar-refractivity contribution >= 4 is 28.9 Å². The number of fused-ring (bicyclic) bond motifs is 1. The zero-order valence-electron chi connectivity index (χ0n) is 24.2. The zero-order chi connectivity index (χ0) is 31.4. The number of hydrogen-bond acceptors (Lipinski definition) is 4. The lowest BCUT2D eigenvalue weighted by Gasteiger charge is -2.24. The van der Waals surface area contributed by atoms with Gasteiger partial charge in [-0.05, 0) is 73.9 Å². The van der Waals surface area contributed by atoms with Gasteiger partial charge in [-0.15, -0.1) is 0 Å². The minimum atomic E-state index is -5.15. The van der Waals surface area contributed by atoms with Crippen LogP contribution in [0.2, 0.25) is 0 Å². The van der Waals surface area contributed by atoms with Crippen molar-refractivity contribution in [2.75, 3.05) is 28.2 Å². The number of ether oxygens (including phenoxy) is 1. The highest BCUT2D eigenvalue weighted by Crippen LogP contribution is 2.37. The molecule has 0 aliphatic carbocycles. The lowest BCUT2D eigenvalue weighted by molar-refractivity contribution is -0.170. The van der Waals surface area contributed by atoms with Crippen molar-refractivity contribution < 1.29 is 31.9 Å². The van der Waals surface area contributed by atoms with E-state index >= 15 is 4.39 Å². The molecule has 0 aromatic heterocycles. The molecule has 2 amide bonds. The van der Waals surface area contributed by atoms with Crippen LogP contribution >= 0.6 is 0 Å². The highest BCUT2D eigenvalue weighted by Gasteiger charge is 2.43. The maximum Gasteiger partial charge on any atom is 0.471 e. The van der Waals surface area contributed by atoms with Crippen molar-refractivity contribution in [1.29, 1.82) is 0 Å². The second kappa shape index (κ2) is 12.8. The van der Waals surface area contributed by atoms with E-state index in [2.05, 4.69) is 12.2 Å². The predicted molar refractivity (Wildman–Crippen MR) is 163 cm³/mol. The lowest BCUT2D eigenvalue weighted by Crippen LogP contribution is -2.41. The van der Waals surface area contributed by atoms with Crippen molar-refractivity contribution in [2.45, 2.75) is 39.1 Å². The molecule has 1 N–H and O–H groups in total. The number of alkyl halides is 3. The smallest absolute Gasteiger partial charge is 0.471 e. The number of halogens is 4. The predicted octanol–water partition coefficient (Wildman–Crippen LogP) is 7.84. The van der Waals surface area contributed by atoms with Gasteiger partial charge in [-0.1, -0.05) is 48.5 Å². The highest BCUT2D eigenvalue weighted by molar-refractivity contribution is 6.08. The van der Waals surface area contributed by atoms with Crippen molar-refractivity contribution in [1.82, 2.24) is 0 Å². The second-order valence-electron chi connectivity index (χ2n) is 10.5. The standard InChI is InChI=1S/C34H31F4N3O3/c1-3-40(33(43)34(36,37)38)29-16-14-24(19-27(29)35)26-15-13-25(20-31(26)44-21-23-9-5-4-6-10-23)32(42)41-18-17-22(2)39-28-11-7-8-12-30(28)41/h4-16,19-20,22,39H,3,17-18,21H2,1-2H3/t22-/m0/s1. The van der Waals surface area contributed by atoms with Crippen molar-refractivity contribution in [3.63, 3.8) is 0 Å². The fourth-order valence-electron chi connectivity index (χ4n) is 5.20. The monoisotopic (exact) mass is 605 g/mol. The summed E-state index contributed by atoms with van der Waals surface area (Å²) in [6, 6.07) is 25.6. The lowest BCUT2D eigenvalue weighted by atomic mass is 10.0. The SMILES string of the molecule is CCN(C(=O)C(F)(F)F)c1ccc(-c2ccc(C(=O)N3CC[C@H](C)Nc4ccccc43)cc2OCc2ccccc2)cc1F. The molecule has 44 heavy (non-hydrogen) atoms. The third-order valence-electron chi connectivity index (χ3n) is 7.45. The Kier molecular flexibility index (Phi) is 8.89. The summed E-state index contributed by atoms with van der Waals surface area (Å²) in [5, 5.41) is 3.44. The molecular formula is C34H31F4N3O3. The fraction of sp³-hybridized carbons (Fsp3) is 0.235. The van der Waals surface area contributed by atoms with Crippen LogP contribution in [-0.2, 0) is 11.4 Å². The molecule has 228 valence electrons. The maximum atomic E-state index is 15.3. The van der Waals surface area contributed by atoms with Crippen LogP contribution in [0, 0.1) is 5.82 Å². The molecule has 0 bridgehead atoms. The minimum Gasteiger partial charge on any atom is -0.488 e. The van der Waals surface area contributed by atoms with Crippen LogP contribution in [0.5, 0.6) is 5.75 Å². The molecule has 0 saturated carbocycles. The molecule has 1 atom stereocenters. The first-order chi connectivity index (χ1) is 21.1. The minimum absolute atomic E-state index is 0.156. The Bertz CT molecular complexity index is 1660. The molecule has 0 fully saturated rings. The average Bonchev–Trinajstić information content (AvgIpc) is 3.18. The number of carbonyl (C=O) groups is 2. The molecule has 10 heteroatoms. The van der Waals surface area contributed by atoms with Crippen LogP contribution in [0.3, 0.4) is 0 Å². The number of nitrogens with zero attached hydrogens (tertiary/aromatic N) is 2. The summed E-state index contributed by atoms with van der Waals surface area (Å²) in [6.45, 7) is 3.66. The molecule has 4 aromatic carbocycles. The number of nitrogens with one attached hydrogen (secondary N) is 1. The Labute approximate surface area is 252 Å². The third kappa shape index (κ3) is 6.54. The van der Waals surface area contributed by atoms with Gasteiger partial charge in [-0.25, -0.2) is 4.39 Å². The number of para-hydroxylation sites is 2. The van der Waals surface area contributed by atoms with Gasteiger partial charge in [0.15, 0.2) is 0 Å². The van der Waals surface area contributed by atoms with E-state index in [1.165, 1.54) is 13.0 Å². The zero-order valence-corrected chi connectivity index (χ0v) is 24.2. The van der Waals surface area contributed by atoms with Crippen LogP contribution < -0.4 is 19.9 Å². The Morgan fingerprint density at radius 2 is 1.70 bits per heavy atom. The Hall–Kier alpha value is -4.86. The number of anilines is 3. The molecule has 0 unspecified atom stereocenters. The Morgan fingerprint density at radius 1 is 0.977 bits per heavy atom. The second-order valence-corrected chi connectivity index (χ2v) is 10.5. The number of amides is 2. The van der Waals surface area contributed by atoms with Gasteiger partial charge < -0.3 is 19.9 Å². The number of rotatable bonds is 7. The van der Waals surface area contributed by atoms with E-state index in [9.17, 15) is 22.8 Å². The van der Waals surface area contributed by atoms with Gasteiger partial charge in [0.05, 0.1) is 17.1 Å². The maximum absolute atomic E-state index is 15.3. The van der Waals surface area contributed by atoms with Gasteiger partial charge in [0, 0.05) is 30.3 Å². The summed E-state index contributed by atoms with van der Waals surface area (Å²) >= 11 is 0. The van der Waals surface area contributed by atoms with Crippen LogP contribution in [0.4, 0.5) is 34.6 Å². The van der Waals surface area contributed by atoms with Crippen LogP contribution in [0.15, 0.2) is 91.0 Å². The fourth-order valence-corrected chi connectivity index (χ4v) is 5.20. The summed E-state index contributed by atoms with van der Waals surface area (Å²) in [7, 11) is 0. The quantitative estimate of drug-likeness (QED) is 0.218. The normalized spacial score (nSPS) is 14.7. The van der Waals surface area contributed by atoms with E-state index < -0.39 is 23.6 Å². The highest BCUT2D eigenvalue weighted by atomic mass is 19.4. The van der Waals surface area contributed by atoms with Gasteiger partial charge in [0.2, 0.25) is 0 Å². The summed E-state index contributed by atoms with van der Waals surface area (Å²) in [5.74, 6) is -3.10. The average molecular weight is 606 g/mol. The molecule has 5 rings (SSSR count). The van der Waals surface area contributed by atoms with E-state index in [-0.39, 0.29) is 25.1 Å². The first-order valence-electron chi connectivity index (χ1n) is 14.2.